The monoisotopic (exact) mass is 445 g/mol. The zero-order valence-corrected chi connectivity index (χ0v) is 18.6. The van der Waals surface area contributed by atoms with E-state index in [1.54, 1.807) is 4.90 Å². The highest BCUT2D eigenvalue weighted by Crippen LogP contribution is 2.38. The van der Waals surface area contributed by atoms with Crippen LogP contribution < -0.4 is 5.32 Å². The molecule has 4 amide bonds. The van der Waals surface area contributed by atoms with Gasteiger partial charge in [-0.3, -0.25) is 14.5 Å². The number of rotatable bonds is 7. The van der Waals surface area contributed by atoms with E-state index in [2.05, 4.69) is 15.5 Å². The van der Waals surface area contributed by atoms with E-state index in [0.29, 0.717) is 24.7 Å². The van der Waals surface area contributed by atoms with E-state index in [9.17, 15) is 14.4 Å². The fourth-order valence-electron chi connectivity index (χ4n) is 4.42. The van der Waals surface area contributed by atoms with E-state index in [4.69, 9.17) is 4.42 Å². The molecule has 31 heavy (non-hydrogen) atoms. The number of hydrogen-bond donors (Lipinski definition) is 1. The molecule has 1 N–H and O–H groups in total. The second kappa shape index (κ2) is 8.78. The van der Waals surface area contributed by atoms with Crippen molar-refractivity contribution in [2.75, 3.05) is 13.1 Å². The third-order valence-electron chi connectivity index (χ3n) is 6.17. The molecule has 9 nitrogen and oxygen atoms in total. The fraction of sp³-hybridized carbons (Fsp3) is 0.571. The second-order valence-corrected chi connectivity index (χ2v) is 9.18. The second-order valence-electron chi connectivity index (χ2n) is 8.23. The minimum Gasteiger partial charge on any atom is -0.418 e. The third kappa shape index (κ3) is 4.08. The van der Waals surface area contributed by atoms with Crippen LogP contribution in [0.2, 0.25) is 0 Å². The van der Waals surface area contributed by atoms with Gasteiger partial charge in [-0.15, -0.1) is 21.5 Å². The molecular weight excluding hydrogens is 418 g/mol. The topological polar surface area (TPSA) is 109 Å². The molecule has 0 aromatic carbocycles. The van der Waals surface area contributed by atoms with Crippen LogP contribution in [0.5, 0.6) is 0 Å². The standard InChI is InChI=1S/C21H27N5O4S/c1-3-10-25(12-16-23-24-18(30-16)15-8-6-11-31-15)17(27)13-26-19(28)21(22-20(26)29)9-5-4-7-14(21)2/h6,8,11,14H,3-5,7,9-10,12-13H2,1-2H3,(H,22,29)/t14-,21-/m1/s1. The molecule has 10 heteroatoms. The van der Waals surface area contributed by atoms with E-state index in [1.807, 2.05) is 31.4 Å². The number of urea groups is 1. The predicted octanol–water partition coefficient (Wildman–Crippen LogP) is 3.04. The molecule has 3 heterocycles. The number of nitrogens with one attached hydrogen (secondary N) is 1. The van der Waals surface area contributed by atoms with Gasteiger partial charge in [0.15, 0.2) is 0 Å². The SMILES string of the molecule is CCCN(Cc1nnc(-c2cccs2)o1)C(=O)CN1C(=O)N[C@@]2(CCCC[C@H]2C)C1=O. The molecule has 0 unspecified atom stereocenters. The summed E-state index contributed by atoms with van der Waals surface area (Å²) in [6.45, 7) is 4.26. The van der Waals surface area contributed by atoms with Crippen LogP contribution in [0.25, 0.3) is 10.8 Å². The first-order chi connectivity index (χ1) is 14.9. The Bertz CT molecular complexity index is 959. The van der Waals surface area contributed by atoms with Crippen LogP contribution in [0.15, 0.2) is 21.9 Å². The fourth-order valence-corrected chi connectivity index (χ4v) is 5.06. The number of aromatic nitrogens is 2. The Kier molecular flexibility index (Phi) is 6.08. The number of amides is 4. The summed E-state index contributed by atoms with van der Waals surface area (Å²) in [5.74, 6) is 0.184. The lowest BCUT2D eigenvalue weighted by Crippen LogP contribution is -2.54. The first kappa shape index (κ1) is 21.5. The minimum absolute atomic E-state index is 0.0543. The molecule has 1 spiro atoms. The molecule has 166 valence electrons. The van der Waals surface area contributed by atoms with Crippen LogP contribution >= 0.6 is 11.3 Å². The zero-order valence-electron chi connectivity index (χ0n) is 17.8. The molecule has 2 fully saturated rings. The summed E-state index contributed by atoms with van der Waals surface area (Å²) in [4.78, 5) is 42.3. The number of carbonyl (C=O) groups excluding carboxylic acids is 3. The van der Waals surface area contributed by atoms with Crippen molar-refractivity contribution in [3.63, 3.8) is 0 Å². The van der Waals surface area contributed by atoms with Crippen molar-refractivity contribution in [3.8, 4) is 10.8 Å². The number of thiophene rings is 1. The lowest BCUT2D eigenvalue weighted by atomic mass is 9.73. The van der Waals surface area contributed by atoms with Crippen molar-refractivity contribution in [2.24, 2.45) is 5.92 Å². The number of nitrogens with zero attached hydrogens (tertiary/aromatic N) is 4. The Morgan fingerprint density at radius 1 is 1.39 bits per heavy atom. The normalized spacial score (nSPS) is 23.4. The van der Waals surface area contributed by atoms with Crippen LogP contribution in [0, 0.1) is 5.92 Å². The van der Waals surface area contributed by atoms with Gasteiger partial charge >= 0.3 is 6.03 Å². The summed E-state index contributed by atoms with van der Waals surface area (Å²) >= 11 is 1.49. The number of imide groups is 1. The van der Waals surface area contributed by atoms with Crippen LogP contribution in [0.1, 0.15) is 51.8 Å². The quantitative estimate of drug-likeness (QED) is 0.656. The lowest BCUT2D eigenvalue weighted by molar-refractivity contribution is -0.141. The van der Waals surface area contributed by atoms with Gasteiger partial charge < -0.3 is 14.6 Å². The van der Waals surface area contributed by atoms with Crippen molar-refractivity contribution >= 4 is 29.2 Å². The summed E-state index contributed by atoms with van der Waals surface area (Å²) < 4.78 is 5.71. The van der Waals surface area contributed by atoms with Gasteiger partial charge in [-0.2, -0.15) is 0 Å². The van der Waals surface area contributed by atoms with Gasteiger partial charge in [0.25, 0.3) is 11.8 Å². The first-order valence-electron chi connectivity index (χ1n) is 10.7. The zero-order chi connectivity index (χ0) is 22.0. The van der Waals surface area contributed by atoms with Crippen LogP contribution in [0.4, 0.5) is 4.79 Å². The molecule has 0 radical (unpaired) electrons. The van der Waals surface area contributed by atoms with Crippen molar-refractivity contribution in [2.45, 2.75) is 58.0 Å². The largest absolute Gasteiger partial charge is 0.418 e. The Balaban J connectivity index is 1.45. The average Bonchev–Trinajstić information content (AvgIpc) is 3.48. The summed E-state index contributed by atoms with van der Waals surface area (Å²) in [5.41, 5.74) is -0.868. The highest BCUT2D eigenvalue weighted by molar-refractivity contribution is 7.13. The molecule has 0 bridgehead atoms. The Morgan fingerprint density at radius 3 is 2.94 bits per heavy atom. The summed E-state index contributed by atoms with van der Waals surface area (Å²) in [5, 5.41) is 12.9. The summed E-state index contributed by atoms with van der Waals surface area (Å²) in [6.07, 6.45) is 4.17. The number of carbonyl (C=O) groups is 3. The molecule has 2 aromatic heterocycles. The van der Waals surface area contributed by atoms with E-state index >= 15 is 0 Å². The maximum atomic E-state index is 13.1. The average molecular weight is 446 g/mol. The number of hydrogen-bond acceptors (Lipinski definition) is 7. The highest BCUT2D eigenvalue weighted by atomic mass is 32.1. The van der Waals surface area contributed by atoms with Gasteiger partial charge in [0.1, 0.15) is 12.1 Å². The molecule has 1 saturated heterocycles. The van der Waals surface area contributed by atoms with Gasteiger partial charge in [-0.1, -0.05) is 32.8 Å². The minimum atomic E-state index is -0.868. The molecule has 2 aromatic rings. The smallest absolute Gasteiger partial charge is 0.325 e. The van der Waals surface area contributed by atoms with Gasteiger partial charge in [0.05, 0.1) is 11.4 Å². The lowest BCUT2D eigenvalue weighted by Gasteiger charge is -2.36. The molecule has 1 aliphatic carbocycles. The Morgan fingerprint density at radius 2 is 2.23 bits per heavy atom. The summed E-state index contributed by atoms with van der Waals surface area (Å²) in [6, 6.07) is 3.30. The molecule has 1 aliphatic heterocycles. The predicted molar refractivity (Wildman–Crippen MR) is 114 cm³/mol. The van der Waals surface area contributed by atoms with Crippen LogP contribution in [-0.2, 0) is 16.1 Å². The van der Waals surface area contributed by atoms with Crippen molar-refractivity contribution < 1.29 is 18.8 Å². The van der Waals surface area contributed by atoms with E-state index in [0.717, 1.165) is 35.5 Å². The van der Waals surface area contributed by atoms with Crippen molar-refractivity contribution in [3.05, 3.63) is 23.4 Å². The van der Waals surface area contributed by atoms with E-state index in [1.165, 1.54) is 11.3 Å². The summed E-state index contributed by atoms with van der Waals surface area (Å²) in [7, 11) is 0. The van der Waals surface area contributed by atoms with E-state index in [-0.39, 0.29) is 30.8 Å². The van der Waals surface area contributed by atoms with Gasteiger partial charge in [0.2, 0.25) is 11.8 Å². The maximum Gasteiger partial charge on any atom is 0.325 e. The molecule has 2 aliphatic rings. The Hall–Kier alpha value is -2.75. The molecular formula is C21H27N5O4S. The van der Waals surface area contributed by atoms with Gasteiger partial charge in [-0.05, 0) is 36.6 Å². The van der Waals surface area contributed by atoms with Gasteiger partial charge in [0, 0.05) is 6.54 Å². The molecule has 2 atom stereocenters. The van der Waals surface area contributed by atoms with Crippen molar-refractivity contribution in [1.82, 2.24) is 25.3 Å². The third-order valence-corrected chi connectivity index (χ3v) is 7.02. The highest BCUT2D eigenvalue weighted by Gasteiger charge is 2.55. The molecule has 4 rings (SSSR count). The van der Waals surface area contributed by atoms with E-state index < -0.39 is 11.6 Å². The van der Waals surface area contributed by atoms with Crippen LogP contribution in [-0.4, -0.2) is 56.5 Å². The Labute approximate surface area is 184 Å². The van der Waals surface area contributed by atoms with Gasteiger partial charge in [-0.25, -0.2) is 4.79 Å². The maximum absolute atomic E-state index is 13.1. The van der Waals surface area contributed by atoms with Crippen molar-refractivity contribution in [1.29, 1.82) is 0 Å². The first-order valence-corrected chi connectivity index (χ1v) is 11.6. The van der Waals surface area contributed by atoms with Crippen LogP contribution in [0.3, 0.4) is 0 Å². The molecule has 1 saturated carbocycles.